The first-order valence-electron chi connectivity index (χ1n) is 9.39. The molecule has 0 spiro atoms. The van der Waals surface area contributed by atoms with E-state index in [0.717, 1.165) is 42.3 Å². The maximum atomic E-state index is 12.7. The second-order valence-electron chi connectivity index (χ2n) is 6.58. The Bertz CT molecular complexity index is 956. The second-order valence-corrected chi connectivity index (χ2v) is 6.58. The molecule has 0 bridgehead atoms. The zero-order valence-corrected chi connectivity index (χ0v) is 15.7. The van der Waals surface area contributed by atoms with E-state index in [9.17, 15) is 4.79 Å². The first-order valence-corrected chi connectivity index (χ1v) is 9.39. The number of amides is 1. The molecule has 0 unspecified atom stereocenters. The summed E-state index contributed by atoms with van der Waals surface area (Å²) >= 11 is 0. The maximum absolute atomic E-state index is 12.7. The molecule has 9 nitrogen and oxygen atoms in total. The van der Waals surface area contributed by atoms with Crippen molar-refractivity contribution in [2.75, 3.05) is 18.4 Å². The number of hydrogen-bond donors (Lipinski definition) is 1. The fraction of sp³-hybridized carbons (Fsp3) is 0.368. The van der Waals surface area contributed by atoms with Gasteiger partial charge in [-0.1, -0.05) is 0 Å². The molecule has 0 saturated carbocycles. The average molecular weight is 378 g/mol. The van der Waals surface area contributed by atoms with Crippen LogP contribution in [0.15, 0.2) is 37.2 Å². The topological polar surface area (TPSA) is 102 Å². The van der Waals surface area contributed by atoms with Crippen LogP contribution in [-0.2, 0) is 25.9 Å². The molecule has 1 aliphatic rings. The van der Waals surface area contributed by atoms with Crippen molar-refractivity contribution >= 4 is 11.7 Å². The summed E-state index contributed by atoms with van der Waals surface area (Å²) < 4.78 is 2.03. The Balaban J connectivity index is 1.42. The van der Waals surface area contributed by atoms with E-state index in [-0.39, 0.29) is 5.91 Å². The summed E-state index contributed by atoms with van der Waals surface area (Å²) in [7, 11) is 0. The molecular formula is C19H22N8O. The Morgan fingerprint density at radius 1 is 1.32 bits per heavy atom. The molecule has 28 heavy (non-hydrogen) atoms. The monoisotopic (exact) mass is 378 g/mol. The van der Waals surface area contributed by atoms with E-state index in [0.29, 0.717) is 25.2 Å². The third-order valence-electron chi connectivity index (χ3n) is 4.88. The van der Waals surface area contributed by atoms with Crippen LogP contribution in [0.25, 0.3) is 0 Å². The predicted octanol–water partition coefficient (Wildman–Crippen LogP) is 1.34. The maximum Gasteiger partial charge on any atom is 0.255 e. The van der Waals surface area contributed by atoms with Crippen molar-refractivity contribution in [1.29, 1.82) is 0 Å². The number of nitrogens with zero attached hydrogens (tertiary/aromatic N) is 7. The quantitative estimate of drug-likeness (QED) is 0.690. The highest BCUT2D eigenvalue weighted by Gasteiger charge is 2.25. The number of anilines is 1. The van der Waals surface area contributed by atoms with E-state index in [1.807, 2.05) is 4.57 Å². The summed E-state index contributed by atoms with van der Waals surface area (Å²) in [6, 6.07) is 3.56. The van der Waals surface area contributed by atoms with Gasteiger partial charge < -0.3 is 14.8 Å². The minimum absolute atomic E-state index is 0.0224. The molecule has 1 amide bonds. The lowest BCUT2D eigenvalue weighted by Gasteiger charge is -2.29. The molecule has 3 aromatic rings. The lowest BCUT2D eigenvalue weighted by atomic mass is 10.0. The molecule has 0 saturated heterocycles. The molecule has 0 radical (unpaired) electrons. The summed E-state index contributed by atoms with van der Waals surface area (Å²) in [5, 5.41) is 11.5. The van der Waals surface area contributed by atoms with Crippen LogP contribution in [0.2, 0.25) is 0 Å². The SMILES string of the molecule is CCn1cnnc1CCNc1ncnc2c1CCN(C(=O)c1cccnc1)C2. The van der Waals surface area contributed by atoms with Gasteiger partial charge in [0.15, 0.2) is 0 Å². The molecule has 4 rings (SSSR count). The highest BCUT2D eigenvalue weighted by Crippen LogP contribution is 2.23. The van der Waals surface area contributed by atoms with Crippen molar-refractivity contribution in [2.24, 2.45) is 0 Å². The van der Waals surface area contributed by atoms with Gasteiger partial charge in [-0.15, -0.1) is 10.2 Å². The number of rotatable bonds is 6. The normalized spacial score (nSPS) is 13.2. The minimum atomic E-state index is -0.0224. The third-order valence-corrected chi connectivity index (χ3v) is 4.88. The van der Waals surface area contributed by atoms with Gasteiger partial charge in [0.25, 0.3) is 5.91 Å². The van der Waals surface area contributed by atoms with Crippen LogP contribution in [0.3, 0.4) is 0 Å². The standard InChI is InChI=1S/C19H22N8O/c1-2-26-13-24-25-17(26)5-8-21-18-15-6-9-27(11-16(15)22-12-23-18)19(28)14-4-3-7-20-10-14/h3-4,7,10,12-13H,2,5-6,8-9,11H2,1H3,(H,21,22,23). The van der Waals surface area contributed by atoms with Crippen LogP contribution >= 0.6 is 0 Å². The number of pyridine rings is 1. The van der Waals surface area contributed by atoms with Gasteiger partial charge in [0.1, 0.15) is 24.3 Å². The first-order chi connectivity index (χ1) is 13.8. The highest BCUT2D eigenvalue weighted by molar-refractivity contribution is 5.94. The van der Waals surface area contributed by atoms with E-state index >= 15 is 0 Å². The molecular weight excluding hydrogens is 356 g/mol. The van der Waals surface area contributed by atoms with Crippen LogP contribution in [-0.4, -0.2) is 53.6 Å². The summed E-state index contributed by atoms with van der Waals surface area (Å²) in [5.74, 6) is 1.76. The number of carbonyl (C=O) groups is 1. The summed E-state index contributed by atoms with van der Waals surface area (Å²) in [6.07, 6.45) is 8.04. The van der Waals surface area contributed by atoms with Crippen molar-refractivity contribution in [1.82, 2.24) is 34.6 Å². The Morgan fingerprint density at radius 3 is 3.07 bits per heavy atom. The van der Waals surface area contributed by atoms with Crippen molar-refractivity contribution in [3.63, 3.8) is 0 Å². The molecule has 144 valence electrons. The molecule has 3 aromatic heterocycles. The Labute approximate surface area is 162 Å². The van der Waals surface area contributed by atoms with Crippen LogP contribution in [0.1, 0.15) is 34.4 Å². The Morgan fingerprint density at radius 2 is 2.25 bits per heavy atom. The number of fused-ring (bicyclic) bond motifs is 1. The molecule has 0 aliphatic carbocycles. The Kier molecular flexibility index (Phi) is 5.22. The Hall–Kier alpha value is -3.36. The summed E-state index contributed by atoms with van der Waals surface area (Å²) in [5.41, 5.74) is 2.56. The number of hydrogen-bond acceptors (Lipinski definition) is 7. The van der Waals surface area contributed by atoms with Gasteiger partial charge in [-0.05, 0) is 25.5 Å². The average Bonchev–Trinajstić information content (AvgIpc) is 3.21. The van der Waals surface area contributed by atoms with Crippen molar-refractivity contribution in [3.8, 4) is 0 Å². The van der Waals surface area contributed by atoms with E-state index < -0.39 is 0 Å². The summed E-state index contributed by atoms with van der Waals surface area (Å²) in [6.45, 7) is 4.74. The van der Waals surface area contributed by atoms with Gasteiger partial charge in [0, 0.05) is 44.0 Å². The fourth-order valence-electron chi connectivity index (χ4n) is 3.38. The van der Waals surface area contributed by atoms with Gasteiger partial charge in [0.2, 0.25) is 0 Å². The number of aryl methyl sites for hydroxylation is 1. The molecule has 1 aliphatic heterocycles. The molecule has 0 atom stereocenters. The molecule has 1 N–H and O–H groups in total. The van der Waals surface area contributed by atoms with Crippen LogP contribution in [0.4, 0.5) is 5.82 Å². The van der Waals surface area contributed by atoms with Crippen LogP contribution in [0, 0.1) is 0 Å². The molecule has 9 heteroatoms. The molecule has 4 heterocycles. The van der Waals surface area contributed by atoms with E-state index in [1.54, 1.807) is 42.1 Å². The van der Waals surface area contributed by atoms with Gasteiger partial charge in [0.05, 0.1) is 17.8 Å². The van der Waals surface area contributed by atoms with Gasteiger partial charge in [-0.3, -0.25) is 9.78 Å². The van der Waals surface area contributed by atoms with E-state index in [1.165, 1.54) is 0 Å². The number of nitrogens with one attached hydrogen (secondary N) is 1. The second kappa shape index (κ2) is 8.12. The van der Waals surface area contributed by atoms with Crippen molar-refractivity contribution in [3.05, 3.63) is 59.8 Å². The zero-order chi connectivity index (χ0) is 19.3. The largest absolute Gasteiger partial charge is 0.369 e. The van der Waals surface area contributed by atoms with Gasteiger partial charge in [-0.2, -0.15) is 0 Å². The van der Waals surface area contributed by atoms with Crippen molar-refractivity contribution < 1.29 is 4.79 Å². The lowest BCUT2D eigenvalue weighted by Crippen LogP contribution is -2.37. The first kappa shape index (κ1) is 18.0. The minimum Gasteiger partial charge on any atom is -0.369 e. The van der Waals surface area contributed by atoms with Gasteiger partial charge in [-0.25, -0.2) is 9.97 Å². The van der Waals surface area contributed by atoms with Crippen LogP contribution in [0.5, 0.6) is 0 Å². The van der Waals surface area contributed by atoms with Gasteiger partial charge >= 0.3 is 0 Å². The fourth-order valence-corrected chi connectivity index (χ4v) is 3.38. The number of aromatic nitrogens is 6. The van der Waals surface area contributed by atoms with E-state index in [4.69, 9.17) is 0 Å². The summed E-state index contributed by atoms with van der Waals surface area (Å²) in [4.78, 5) is 27.3. The predicted molar refractivity (Wildman–Crippen MR) is 103 cm³/mol. The molecule has 0 fully saturated rings. The molecule has 0 aromatic carbocycles. The van der Waals surface area contributed by atoms with Crippen molar-refractivity contribution in [2.45, 2.75) is 32.9 Å². The zero-order valence-electron chi connectivity index (χ0n) is 15.7. The van der Waals surface area contributed by atoms with Crippen LogP contribution < -0.4 is 5.32 Å². The lowest BCUT2D eigenvalue weighted by molar-refractivity contribution is 0.0731. The highest BCUT2D eigenvalue weighted by atomic mass is 16.2. The smallest absolute Gasteiger partial charge is 0.255 e. The number of carbonyl (C=O) groups excluding carboxylic acids is 1. The van der Waals surface area contributed by atoms with E-state index in [2.05, 4.69) is 37.4 Å². The third kappa shape index (κ3) is 3.68.